The van der Waals surface area contributed by atoms with Crippen LogP contribution in [-0.2, 0) is 10.0 Å². The van der Waals surface area contributed by atoms with Crippen LogP contribution < -0.4 is 5.32 Å². The van der Waals surface area contributed by atoms with Crippen molar-refractivity contribution < 1.29 is 8.42 Å². The molecule has 1 N–H and O–H groups in total. The Kier molecular flexibility index (Phi) is 5.60. The Morgan fingerprint density at radius 1 is 1.24 bits per heavy atom. The van der Waals surface area contributed by atoms with Crippen molar-refractivity contribution in [1.29, 1.82) is 0 Å². The molecule has 8 heteroatoms. The molecule has 0 saturated carbocycles. The number of halogens is 3. The van der Waals surface area contributed by atoms with Crippen LogP contribution >= 0.6 is 39.9 Å². The van der Waals surface area contributed by atoms with Crippen LogP contribution in [0.3, 0.4) is 0 Å². The summed E-state index contributed by atoms with van der Waals surface area (Å²) in [6.07, 6.45) is 3.07. The van der Waals surface area contributed by atoms with Crippen molar-refractivity contribution in [1.82, 2.24) is 9.62 Å². The van der Waals surface area contributed by atoms with E-state index in [4.69, 9.17) is 11.6 Å². The van der Waals surface area contributed by atoms with Gasteiger partial charge in [-0.25, -0.2) is 8.42 Å². The molecule has 21 heavy (non-hydrogen) atoms. The maximum absolute atomic E-state index is 12.8. The fraction of sp³-hybridized carbons (Fsp3) is 0.538. The van der Waals surface area contributed by atoms with Crippen molar-refractivity contribution >= 4 is 50.0 Å². The summed E-state index contributed by atoms with van der Waals surface area (Å²) < 4.78 is 27.6. The van der Waals surface area contributed by atoms with Crippen LogP contribution in [0.2, 0.25) is 5.02 Å². The van der Waals surface area contributed by atoms with Crippen molar-refractivity contribution in [3.8, 4) is 0 Å². The van der Waals surface area contributed by atoms with Gasteiger partial charge in [-0.3, -0.25) is 0 Å². The van der Waals surface area contributed by atoms with Gasteiger partial charge in [0.05, 0.1) is 14.4 Å². The van der Waals surface area contributed by atoms with Gasteiger partial charge in [-0.2, -0.15) is 4.31 Å². The second-order valence-electron chi connectivity index (χ2n) is 5.34. The zero-order chi connectivity index (χ0) is 14.3. The highest BCUT2D eigenvalue weighted by Crippen LogP contribution is 2.32. The van der Waals surface area contributed by atoms with Crippen molar-refractivity contribution in [2.45, 2.75) is 36.2 Å². The molecule has 2 aliphatic heterocycles. The molecule has 3 rings (SSSR count). The standard InChI is InChI=1S/C13H16BrClN2O2S.ClH/c14-13-11(15)2-1-3-12(13)20(18,19)17-7-6-9-4-5-10(8-17)16-9;/h1-3,9-10,16H,4-8H2;1H. The third-order valence-electron chi connectivity index (χ3n) is 4.02. The van der Waals surface area contributed by atoms with Gasteiger partial charge in [-0.1, -0.05) is 17.7 Å². The van der Waals surface area contributed by atoms with Gasteiger partial charge in [0, 0.05) is 25.2 Å². The van der Waals surface area contributed by atoms with Crippen LogP contribution in [0.4, 0.5) is 0 Å². The Morgan fingerprint density at radius 2 is 1.95 bits per heavy atom. The molecule has 4 nitrogen and oxygen atoms in total. The molecule has 2 saturated heterocycles. The minimum atomic E-state index is -3.50. The van der Waals surface area contributed by atoms with Gasteiger partial charge < -0.3 is 5.32 Å². The maximum Gasteiger partial charge on any atom is 0.244 e. The zero-order valence-electron chi connectivity index (χ0n) is 11.3. The highest BCUT2D eigenvalue weighted by Gasteiger charge is 2.35. The Labute approximate surface area is 144 Å². The number of hydrogen-bond donors (Lipinski definition) is 1. The van der Waals surface area contributed by atoms with Gasteiger partial charge in [0.1, 0.15) is 0 Å². The average Bonchev–Trinajstić information content (AvgIpc) is 2.71. The summed E-state index contributed by atoms with van der Waals surface area (Å²) in [6, 6.07) is 5.68. The highest BCUT2D eigenvalue weighted by atomic mass is 79.9. The number of fused-ring (bicyclic) bond motifs is 2. The molecule has 2 fully saturated rings. The molecule has 2 atom stereocenters. The quantitative estimate of drug-likeness (QED) is 0.807. The van der Waals surface area contributed by atoms with Gasteiger partial charge in [0.15, 0.2) is 0 Å². The van der Waals surface area contributed by atoms with E-state index < -0.39 is 10.0 Å². The lowest BCUT2D eigenvalue weighted by molar-refractivity contribution is 0.383. The predicted molar refractivity (Wildman–Crippen MR) is 89.7 cm³/mol. The molecule has 1 aromatic rings. The Balaban J connectivity index is 0.00000161. The first-order chi connectivity index (χ1) is 9.48. The lowest BCUT2D eigenvalue weighted by Crippen LogP contribution is -2.39. The zero-order valence-corrected chi connectivity index (χ0v) is 15.2. The summed E-state index contributed by atoms with van der Waals surface area (Å²) >= 11 is 9.30. The molecule has 0 spiro atoms. The second kappa shape index (κ2) is 6.72. The fourth-order valence-corrected chi connectivity index (χ4v) is 5.65. The van der Waals surface area contributed by atoms with Crippen LogP contribution in [0.15, 0.2) is 27.6 Å². The molecule has 0 amide bonds. The van der Waals surface area contributed by atoms with E-state index >= 15 is 0 Å². The van der Waals surface area contributed by atoms with Gasteiger partial charge in [-0.15, -0.1) is 12.4 Å². The molecule has 0 aliphatic carbocycles. The third-order valence-corrected chi connectivity index (χ3v) is 7.59. The summed E-state index contributed by atoms with van der Waals surface area (Å²) in [6.45, 7) is 1.10. The molecule has 2 bridgehead atoms. The highest BCUT2D eigenvalue weighted by molar-refractivity contribution is 9.10. The van der Waals surface area contributed by atoms with Crippen molar-refractivity contribution in [3.63, 3.8) is 0 Å². The number of hydrogen-bond acceptors (Lipinski definition) is 3. The van der Waals surface area contributed by atoms with Gasteiger partial charge in [-0.05, 0) is 47.3 Å². The first kappa shape index (κ1) is 17.5. The van der Waals surface area contributed by atoms with E-state index in [2.05, 4.69) is 21.2 Å². The van der Waals surface area contributed by atoms with Crippen molar-refractivity contribution in [2.24, 2.45) is 0 Å². The first-order valence-electron chi connectivity index (χ1n) is 6.68. The minimum absolute atomic E-state index is 0. The van der Waals surface area contributed by atoms with E-state index in [1.807, 2.05) is 0 Å². The average molecular weight is 416 g/mol. The van der Waals surface area contributed by atoms with Crippen LogP contribution in [0.5, 0.6) is 0 Å². The number of sulfonamides is 1. The molecule has 2 aliphatic rings. The normalized spacial score (nSPS) is 26.2. The number of rotatable bonds is 2. The fourth-order valence-electron chi connectivity index (χ4n) is 2.95. The molecular weight excluding hydrogens is 399 g/mol. The molecule has 2 heterocycles. The van der Waals surface area contributed by atoms with Gasteiger partial charge in [0.2, 0.25) is 10.0 Å². The largest absolute Gasteiger partial charge is 0.310 e. The van der Waals surface area contributed by atoms with E-state index in [1.54, 1.807) is 22.5 Å². The smallest absolute Gasteiger partial charge is 0.244 e. The second-order valence-corrected chi connectivity index (χ2v) is 8.45. The van der Waals surface area contributed by atoms with E-state index in [9.17, 15) is 8.42 Å². The van der Waals surface area contributed by atoms with Gasteiger partial charge in [0.25, 0.3) is 0 Å². The molecular formula is C13H17BrCl2N2O2S. The third kappa shape index (κ3) is 3.41. The molecule has 0 aromatic heterocycles. The Bertz CT molecular complexity index is 627. The van der Waals surface area contributed by atoms with E-state index in [0.29, 0.717) is 28.6 Å². The number of benzene rings is 1. The Hall–Kier alpha value is 0.150. The van der Waals surface area contributed by atoms with Crippen LogP contribution in [0.1, 0.15) is 19.3 Å². The monoisotopic (exact) mass is 414 g/mol. The molecule has 0 radical (unpaired) electrons. The van der Waals surface area contributed by atoms with Crippen molar-refractivity contribution in [3.05, 3.63) is 27.7 Å². The molecule has 1 aromatic carbocycles. The van der Waals surface area contributed by atoms with Crippen LogP contribution in [0.25, 0.3) is 0 Å². The van der Waals surface area contributed by atoms with Crippen LogP contribution in [-0.4, -0.2) is 37.9 Å². The van der Waals surface area contributed by atoms with E-state index in [-0.39, 0.29) is 23.3 Å². The Morgan fingerprint density at radius 3 is 2.71 bits per heavy atom. The van der Waals surface area contributed by atoms with Crippen LogP contribution in [0, 0.1) is 0 Å². The lowest BCUT2D eigenvalue weighted by atomic mass is 10.1. The molecule has 2 unspecified atom stereocenters. The van der Waals surface area contributed by atoms with E-state index in [1.165, 1.54) is 0 Å². The van der Waals surface area contributed by atoms with Gasteiger partial charge >= 0.3 is 0 Å². The first-order valence-corrected chi connectivity index (χ1v) is 9.30. The lowest BCUT2D eigenvalue weighted by Gasteiger charge is -2.24. The summed E-state index contributed by atoms with van der Waals surface area (Å²) in [5.41, 5.74) is 0. The number of nitrogens with one attached hydrogen (secondary N) is 1. The topological polar surface area (TPSA) is 49.4 Å². The summed E-state index contributed by atoms with van der Waals surface area (Å²) in [4.78, 5) is 0.253. The SMILES string of the molecule is Cl.O=S(=O)(c1cccc(Cl)c1Br)N1CCC2CCC(C1)N2. The van der Waals surface area contributed by atoms with E-state index in [0.717, 1.165) is 19.3 Å². The van der Waals surface area contributed by atoms with Crippen molar-refractivity contribution in [2.75, 3.05) is 13.1 Å². The summed E-state index contributed by atoms with van der Waals surface area (Å²) in [5, 5.41) is 3.91. The number of nitrogens with zero attached hydrogens (tertiary/aromatic N) is 1. The maximum atomic E-state index is 12.8. The molecule has 118 valence electrons. The summed E-state index contributed by atoms with van der Waals surface area (Å²) in [5.74, 6) is 0. The minimum Gasteiger partial charge on any atom is -0.310 e. The predicted octanol–water partition coefficient (Wildman–Crippen LogP) is 3.04. The summed E-state index contributed by atoms with van der Waals surface area (Å²) in [7, 11) is -3.50.